The molecule has 1 saturated heterocycles. The normalized spacial score (nSPS) is 18.2. The number of carbonyl (C=O) groups excluding carboxylic acids is 1. The summed E-state index contributed by atoms with van der Waals surface area (Å²) in [6.07, 6.45) is 2.33. The molecule has 4 nitrogen and oxygen atoms in total. The van der Waals surface area contributed by atoms with E-state index >= 15 is 0 Å². The van der Waals surface area contributed by atoms with Crippen LogP contribution in [0, 0.1) is 0 Å². The highest BCUT2D eigenvalue weighted by Gasteiger charge is 2.16. The Balaban J connectivity index is 1.75. The predicted octanol–water partition coefficient (Wildman–Crippen LogP) is 2.13. The Morgan fingerprint density at radius 3 is 2.75 bits per heavy atom. The molecular weight excluding hydrogens is 268 g/mol. The average Bonchev–Trinajstić information content (AvgIpc) is 2.91. The second kappa shape index (κ2) is 7.19. The van der Waals surface area contributed by atoms with E-state index in [1.54, 1.807) is 12.1 Å². The number of rotatable bonds is 6. The summed E-state index contributed by atoms with van der Waals surface area (Å²) in [5, 5.41) is 2.80. The minimum Gasteiger partial charge on any atom is -0.435 e. The standard InChI is InChI=1S/C14H17F2NO3/c15-14(16)20-11-5-3-10(4-6-11)8-13(18)17-9-12-2-1-7-19-12/h3-6,12,14H,1-2,7-9H2,(H,17,18). The van der Waals surface area contributed by atoms with Gasteiger partial charge in [0.25, 0.3) is 0 Å². The van der Waals surface area contributed by atoms with Crippen LogP contribution in [0.1, 0.15) is 18.4 Å². The first-order chi connectivity index (χ1) is 9.63. The summed E-state index contributed by atoms with van der Waals surface area (Å²) in [4.78, 5) is 11.7. The van der Waals surface area contributed by atoms with Crippen LogP contribution in [0.3, 0.4) is 0 Å². The van der Waals surface area contributed by atoms with Gasteiger partial charge in [0.1, 0.15) is 5.75 Å². The van der Waals surface area contributed by atoms with Crippen molar-refractivity contribution in [2.24, 2.45) is 0 Å². The Hall–Kier alpha value is -1.69. The Morgan fingerprint density at radius 1 is 1.40 bits per heavy atom. The number of halogens is 2. The maximum absolute atomic E-state index is 12.0. The largest absolute Gasteiger partial charge is 0.435 e. The zero-order valence-corrected chi connectivity index (χ0v) is 11.0. The molecule has 1 heterocycles. The van der Waals surface area contributed by atoms with E-state index in [4.69, 9.17) is 4.74 Å². The van der Waals surface area contributed by atoms with Crippen molar-refractivity contribution in [3.05, 3.63) is 29.8 Å². The van der Waals surface area contributed by atoms with E-state index < -0.39 is 6.61 Å². The average molecular weight is 285 g/mol. The molecule has 1 atom stereocenters. The lowest BCUT2D eigenvalue weighted by Gasteiger charge is -2.11. The molecule has 1 aliphatic rings. The van der Waals surface area contributed by atoms with Crippen LogP contribution in [0.2, 0.25) is 0 Å². The van der Waals surface area contributed by atoms with Crippen LogP contribution < -0.4 is 10.1 Å². The molecular formula is C14H17F2NO3. The molecule has 1 aromatic rings. The number of benzene rings is 1. The molecule has 0 aliphatic carbocycles. The molecule has 1 unspecified atom stereocenters. The first-order valence-corrected chi connectivity index (χ1v) is 6.55. The van der Waals surface area contributed by atoms with Crippen molar-refractivity contribution in [3.63, 3.8) is 0 Å². The third kappa shape index (κ3) is 4.77. The number of hydrogen-bond donors (Lipinski definition) is 1. The molecule has 1 fully saturated rings. The van der Waals surface area contributed by atoms with Gasteiger partial charge in [-0.05, 0) is 30.5 Å². The summed E-state index contributed by atoms with van der Waals surface area (Å²) in [6, 6.07) is 6.05. The molecule has 0 aromatic heterocycles. The molecule has 1 aromatic carbocycles. The van der Waals surface area contributed by atoms with Crippen molar-refractivity contribution in [1.29, 1.82) is 0 Å². The van der Waals surface area contributed by atoms with E-state index in [0.29, 0.717) is 6.54 Å². The summed E-state index contributed by atoms with van der Waals surface area (Å²) in [5.74, 6) is -0.0217. The van der Waals surface area contributed by atoms with Crippen molar-refractivity contribution in [3.8, 4) is 5.75 Å². The topological polar surface area (TPSA) is 47.6 Å². The van der Waals surface area contributed by atoms with Crippen molar-refractivity contribution in [2.45, 2.75) is 32.0 Å². The number of carbonyl (C=O) groups is 1. The summed E-state index contributed by atoms with van der Waals surface area (Å²) < 4.78 is 33.6. The van der Waals surface area contributed by atoms with Gasteiger partial charge in [-0.15, -0.1) is 0 Å². The van der Waals surface area contributed by atoms with Crippen molar-refractivity contribution < 1.29 is 23.0 Å². The van der Waals surface area contributed by atoms with Crippen LogP contribution in [-0.2, 0) is 16.0 Å². The molecule has 1 amide bonds. The van der Waals surface area contributed by atoms with Gasteiger partial charge < -0.3 is 14.8 Å². The van der Waals surface area contributed by atoms with Crippen LogP contribution in [0.25, 0.3) is 0 Å². The number of alkyl halides is 2. The van der Waals surface area contributed by atoms with E-state index in [2.05, 4.69) is 10.1 Å². The number of ether oxygens (including phenoxy) is 2. The first-order valence-electron chi connectivity index (χ1n) is 6.55. The van der Waals surface area contributed by atoms with Gasteiger partial charge in [-0.3, -0.25) is 4.79 Å². The van der Waals surface area contributed by atoms with Crippen molar-refractivity contribution in [1.82, 2.24) is 5.32 Å². The molecule has 0 radical (unpaired) electrons. The number of hydrogen-bond acceptors (Lipinski definition) is 3. The SMILES string of the molecule is O=C(Cc1ccc(OC(F)F)cc1)NCC1CCCO1. The Kier molecular flexibility index (Phi) is 5.29. The number of amides is 1. The maximum atomic E-state index is 12.0. The molecule has 1 aliphatic heterocycles. The van der Waals surface area contributed by atoms with E-state index in [-0.39, 0.29) is 24.2 Å². The molecule has 20 heavy (non-hydrogen) atoms. The second-order valence-electron chi connectivity index (χ2n) is 4.64. The Bertz CT molecular complexity index is 431. The van der Waals surface area contributed by atoms with Gasteiger partial charge in [0, 0.05) is 13.2 Å². The first kappa shape index (κ1) is 14.7. The van der Waals surface area contributed by atoms with Crippen LogP contribution in [0.5, 0.6) is 5.75 Å². The maximum Gasteiger partial charge on any atom is 0.387 e. The van der Waals surface area contributed by atoms with Crippen LogP contribution >= 0.6 is 0 Å². The van der Waals surface area contributed by atoms with Gasteiger partial charge in [0.05, 0.1) is 12.5 Å². The number of nitrogens with one attached hydrogen (secondary N) is 1. The van der Waals surface area contributed by atoms with Gasteiger partial charge in [-0.1, -0.05) is 12.1 Å². The highest BCUT2D eigenvalue weighted by molar-refractivity contribution is 5.78. The lowest BCUT2D eigenvalue weighted by atomic mass is 10.1. The van der Waals surface area contributed by atoms with Crippen LogP contribution in [-0.4, -0.2) is 31.8 Å². The minimum atomic E-state index is -2.84. The summed E-state index contributed by atoms with van der Waals surface area (Å²) in [6.45, 7) is -1.56. The molecule has 110 valence electrons. The fraction of sp³-hybridized carbons (Fsp3) is 0.500. The lowest BCUT2D eigenvalue weighted by Crippen LogP contribution is -2.32. The van der Waals surface area contributed by atoms with E-state index in [1.807, 2.05) is 0 Å². The van der Waals surface area contributed by atoms with E-state index in [0.717, 1.165) is 25.0 Å². The molecule has 6 heteroatoms. The summed E-state index contributed by atoms with van der Waals surface area (Å²) in [5.41, 5.74) is 0.747. The predicted molar refractivity (Wildman–Crippen MR) is 68.8 cm³/mol. The third-order valence-corrected chi connectivity index (χ3v) is 3.06. The van der Waals surface area contributed by atoms with Gasteiger partial charge in [0.2, 0.25) is 5.91 Å². The third-order valence-electron chi connectivity index (χ3n) is 3.06. The zero-order chi connectivity index (χ0) is 14.4. The van der Waals surface area contributed by atoms with Gasteiger partial charge in [-0.25, -0.2) is 0 Å². The fourth-order valence-electron chi connectivity index (χ4n) is 2.07. The molecule has 0 bridgehead atoms. The molecule has 2 rings (SSSR count). The monoisotopic (exact) mass is 285 g/mol. The fourth-order valence-corrected chi connectivity index (χ4v) is 2.07. The highest BCUT2D eigenvalue weighted by atomic mass is 19.3. The van der Waals surface area contributed by atoms with E-state index in [9.17, 15) is 13.6 Å². The van der Waals surface area contributed by atoms with Gasteiger partial charge in [0.15, 0.2) is 0 Å². The smallest absolute Gasteiger partial charge is 0.387 e. The highest BCUT2D eigenvalue weighted by Crippen LogP contribution is 2.15. The Morgan fingerprint density at radius 2 is 2.15 bits per heavy atom. The zero-order valence-electron chi connectivity index (χ0n) is 11.0. The van der Waals surface area contributed by atoms with Crippen molar-refractivity contribution in [2.75, 3.05) is 13.2 Å². The lowest BCUT2D eigenvalue weighted by molar-refractivity contribution is -0.120. The van der Waals surface area contributed by atoms with Gasteiger partial charge >= 0.3 is 6.61 Å². The van der Waals surface area contributed by atoms with E-state index in [1.165, 1.54) is 12.1 Å². The quantitative estimate of drug-likeness (QED) is 0.871. The second-order valence-corrected chi connectivity index (χ2v) is 4.64. The molecule has 0 saturated carbocycles. The molecule has 0 spiro atoms. The molecule has 1 N–H and O–H groups in total. The van der Waals surface area contributed by atoms with Crippen LogP contribution in [0.15, 0.2) is 24.3 Å². The van der Waals surface area contributed by atoms with Crippen LogP contribution in [0.4, 0.5) is 8.78 Å². The van der Waals surface area contributed by atoms with Crippen molar-refractivity contribution >= 4 is 5.91 Å². The van der Waals surface area contributed by atoms with Gasteiger partial charge in [-0.2, -0.15) is 8.78 Å². The summed E-state index contributed by atoms with van der Waals surface area (Å²) >= 11 is 0. The summed E-state index contributed by atoms with van der Waals surface area (Å²) in [7, 11) is 0. The minimum absolute atomic E-state index is 0.0866. The Labute approximate surface area is 116 Å².